The summed E-state index contributed by atoms with van der Waals surface area (Å²) in [5.41, 5.74) is -0.281. The fourth-order valence-electron chi connectivity index (χ4n) is 0.618. The van der Waals surface area contributed by atoms with Gasteiger partial charge in [-0.3, -0.25) is 4.79 Å². The fraction of sp³-hybridized carbons (Fsp3) is 0.889. The molecule has 0 atom stereocenters. The minimum Gasteiger partial charge on any atom is -0.362 e. The second-order valence-electron chi connectivity index (χ2n) is 3.38. The zero-order valence-corrected chi connectivity index (χ0v) is 8.44. The van der Waals surface area contributed by atoms with E-state index in [4.69, 9.17) is 4.74 Å². The summed E-state index contributed by atoms with van der Waals surface area (Å²) in [7, 11) is 0. The van der Waals surface area contributed by atoms with Crippen LogP contribution in [-0.2, 0) is 9.53 Å². The van der Waals surface area contributed by atoms with Gasteiger partial charge in [0, 0.05) is 12.0 Å². The molecule has 0 aromatic rings. The topological polar surface area (TPSA) is 38.3 Å². The number of nitrogens with one attached hydrogen (secondary N) is 1. The van der Waals surface area contributed by atoms with E-state index in [9.17, 15) is 4.79 Å². The van der Waals surface area contributed by atoms with Crippen molar-refractivity contribution >= 4 is 5.91 Å². The van der Waals surface area contributed by atoms with Gasteiger partial charge in [0.15, 0.2) is 0 Å². The number of ether oxygens (including phenoxy) is 1. The van der Waals surface area contributed by atoms with Crippen LogP contribution in [0.5, 0.6) is 0 Å². The number of rotatable bonds is 5. The Balaban J connectivity index is 3.72. The van der Waals surface area contributed by atoms with Crippen molar-refractivity contribution in [3.8, 4) is 0 Å². The van der Waals surface area contributed by atoms with E-state index < -0.39 is 0 Å². The second kappa shape index (κ2) is 5.14. The summed E-state index contributed by atoms with van der Waals surface area (Å²) < 4.78 is 5.01. The largest absolute Gasteiger partial charge is 0.362 e. The number of amides is 1. The Hall–Kier alpha value is -0.570. The van der Waals surface area contributed by atoms with Gasteiger partial charge in [0.1, 0.15) is 6.73 Å². The summed E-state index contributed by atoms with van der Waals surface area (Å²) in [5.74, 6) is 0.0541. The van der Waals surface area contributed by atoms with E-state index in [1.165, 1.54) is 0 Å². The van der Waals surface area contributed by atoms with Crippen LogP contribution in [0, 0.1) is 5.41 Å². The Morgan fingerprint density at radius 2 is 2.00 bits per heavy atom. The van der Waals surface area contributed by atoms with E-state index >= 15 is 0 Å². The molecule has 0 saturated carbocycles. The standard InChI is InChI=1S/C9H19NO2/c1-5-9(3,4)8(11)10-7-12-6-2/h5-7H2,1-4H3,(H,10,11). The summed E-state index contributed by atoms with van der Waals surface area (Å²) in [6, 6.07) is 0. The Morgan fingerprint density at radius 3 is 2.42 bits per heavy atom. The number of hydrogen-bond acceptors (Lipinski definition) is 2. The van der Waals surface area contributed by atoms with Gasteiger partial charge in [-0.1, -0.05) is 20.8 Å². The quantitative estimate of drug-likeness (QED) is 0.506. The Kier molecular flexibility index (Phi) is 4.90. The van der Waals surface area contributed by atoms with Crippen molar-refractivity contribution in [3.05, 3.63) is 0 Å². The van der Waals surface area contributed by atoms with Crippen LogP contribution in [-0.4, -0.2) is 19.2 Å². The smallest absolute Gasteiger partial charge is 0.227 e. The molecule has 0 aliphatic carbocycles. The van der Waals surface area contributed by atoms with Crippen molar-refractivity contribution in [1.29, 1.82) is 0 Å². The van der Waals surface area contributed by atoms with Gasteiger partial charge in [0.2, 0.25) is 5.91 Å². The van der Waals surface area contributed by atoms with Crippen LogP contribution >= 0.6 is 0 Å². The number of carbonyl (C=O) groups excluding carboxylic acids is 1. The molecule has 0 aliphatic rings. The molecule has 0 aromatic carbocycles. The van der Waals surface area contributed by atoms with Gasteiger partial charge in [-0.25, -0.2) is 0 Å². The molecule has 0 bridgehead atoms. The third-order valence-electron chi connectivity index (χ3n) is 2.04. The molecule has 0 rings (SSSR count). The van der Waals surface area contributed by atoms with Crippen LogP contribution < -0.4 is 5.32 Å². The predicted octanol–water partition coefficient (Wildman–Crippen LogP) is 1.53. The highest BCUT2D eigenvalue weighted by molar-refractivity contribution is 5.81. The van der Waals surface area contributed by atoms with Gasteiger partial charge >= 0.3 is 0 Å². The molecule has 0 aromatic heterocycles. The number of carbonyl (C=O) groups is 1. The van der Waals surface area contributed by atoms with Crippen LogP contribution in [0.25, 0.3) is 0 Å². The molecule has 3 heteroatoms. The molecule has 72 valence electrons. The molecule has 0 radical (unpaired) electrons. The van der Waals surface area contributed by atoms with E-state index in [1.54, 1.807) is 0 Å². The van der Waals surface area contributed by atoms with Crippen LogP contribution in [0.3, 0.4) is 0 Å². The minimum absolute atomic E-state index is 0.0541. The first-order valence-corrected chi connectivity index (χ1v) is 4.40. The van der Waals surface area contributed by atoms with Crippen molar-refractivity contribution in [1.82, 2.24) is 5.32 Å². The lowest BCUT2D eigenvalue weighted by atomic mass is 9.89. The molecule has 0 aliphatic heterocycles. The first-order valence-electron chi connectivity index (χ1n) is 4.40. The maximum atomic E-state index is 11.4. The third kappa shape index (κ3) is 3.72. The van der Waals surface area contributed by atoms with Crippen molar-refractivity contribution in [2.75, 3.05) is 13.3 Å². The molecule has 0 spiro atoms. The minimum atomic E-state index is -0.281. The zero-order chi connectivity index (χ0) is 9.61. The second-order valence-corrected chi connectivity index (χ2v) is 3.38. The fourth-order valence-corrected chi connectivity index (χ4v) is 0.618. The van der Waals surface area contributed by atoms with E-state index in [2.05, 4.69) is 5.32 Å². The monoisotopic (exact) mass is 173 g/mol. The maximum absolute atomic E-state index is 11.4. The highest BCUT2D eigenvalue weighted by Gasteiger charge is 2.24. The first kappa shape index (κ1) is 11.4. The van der Waals surface area contributed by atoms with Gasteiger partial charge in [0.25, 0.3) is 0 Å². The Morgan fingerprint density at radius 1 is 1.42 bits per heavy atom. The van der Waals surface area contributed by atoms with E-state index in [0.29, 0.717) is 13.3 Å². The van der Waals surface area contributed by atoms with Crippen LogP contribution in [0.2, 0.25) is 0 Å². The van der Waals surface area contributed by atoms with E-state index in [1.807, 2.05) is 27.7 Å². The van der Waals surface area contributed by atoms with Crippen LogP contribution in [0.15, 0.2) is 0 Å². The molecule has 3 nitrogen and oxygen atoms in total. The van der Waals surface area contributed by atoms with Gasteiger partial charge < -0.3 is 10.1 Å². The average molecular weight is 173 g/mol. The molecule has 0 heterocycles. The van der Waals surface area contributed by atoms with Gasteiger partial charge in [-0.05, 0) is 13.3 Å². The Bertz CT molecular complexity index is 143. The highest BCUT2D eigenvalue weighted by Crippen LogP contribution is 2.18. The lowest BCUT2D eigenvalue weighted by Gasteiger charge is -2.21. The normalized spacial score (nSPS) is 11.3. The average Bonchev–Trinajstić information content (AvgIpc) is 2.05. The summed E-state index contributed by atoms with van der Waals surface area (Å²) in [4.78, 5) is 11.4. The lowest BCUT2D eigenvalue weighted by Crippen LogP contribution is -2.37. The molecule has 0 fully saturated rings. The molecule has 1 amide bonds. The lowest BCUT2D eigenvalue weighted by molar-refractivity contribution is -0.131. The highest BCUT2D eigenvalue weighted by atomic mass is 16.5. The van der Waals surface area contributed by atoms with Gasteiger partial charge in [-0.2, -0.15) is 0 Å². The summed E-state index contributed by atoms with van der Waals surface area (Å²) in [6.45, 7) is 8.70. The maximum Gasteiger partial charge on any atom is 0.227 e. The van der Waals surface area contributed by atoms with Gasteiger partial charge in [-0.15, -0.1) is 0 Å². The molecular weight excluding hydrogens is 154 g/mol. The van der Waals surface area contributed by atoms with Crippen molar-refractivity contribution in [2.45, 2.75) is 34.1 Å². The van der Waals surface area contributed by atoms with E-state index in [-0.39, 0.29) is 11.3 Å². The summed E-state index contributed by atoms with van der Waals surface area (Å²) >= 11 is 0. The van der Waals surface area contributed by atoms with E-state index in [0.717, 1.165) is 6.42 Å². The SMILES string of the molecule is CCOCNC(=O)C(C)(C)CC. The van der Waals surface area contributed by atoms with Crippen LogP contribution in [0.4, 0.5) is 0 Å². The van der Waals surface area contributed by atoms with Crippen molar-refractivity contribution in [2.24, 2.45) is 5.41 Å². The van der Waals surface area contributed by atoms with Crippen molar-refractivity contribution < 1.29 is 9.53 Å². The molecule has 0 saturated heterocycles. The van der Waals surface area contributed by atoms with Crippen LogP contribution in [0.1, 0.15) is 34.1 Å². The third-order valence-corrected chi connectivity index (χ3v) is 2.04. The predicted molar refractivity (Wildman–Crippen MR) is 48.7 cm³/mol. The number of hydrogen-bond donors (Lipinski definition) is 1. The molecule has 1 N–H and O–H groups in total. The van der Waals surface area contributed by atoms with Crippen molar-refractivity contribution in [3.63, 3.8) is 0 Å². The summed E-state index contributed by atoms with van der Waals surface area (Å²) in [5, 5.41) is 2.71. The summed E-state index contributed by atoms with van der Waals surface area (Å²) in [6.07, 6.45) is 0.838. The molecule has 0 unspecified atom stereocenters. The zero-order valence-electron chi connectivity index (χ0n) is 8.44. The first-order chi connectivity index (χ1) is 5.54. The molecular formula is C9H19NO2. The Labute approximate surface area is 74.5 Å². The van der Waals surface area contributed by atoms with Gasteiger partial charge in [0.05, 0.1) is 0 Å². The molecule has 12 heavy (non-hydrogen) atoms.